The number of carbonyl (C=O) groups is 3. The zero-order valence-corrected chi connectivity index (χ0v) is 20.8. The Balaban J connectivity index is 1.42. The van der Waals surface area contributed by atoms with Crippen LogP contribution in [0.2, 0.25) is 5.02 Å². The lowest BCUT2D eigenvalue weighted by Gasteiger charge is -2.54. The van der Waals surface area contributed by atoms with Crippen molar-refractivity contribution < 1.29 is 14.4 Å². The molecule has 0 aromatic heterocycles. The predicted molar refractivity (Wildman–Crippen MR) is 135 cm³/mol. The van der Waals surface area contributed by atoms with Crippen molar-refractivity contribution in [3.63, 3.8) is 0 Å². The van der Waals surface area contributed by atoms with E-state index in [2.05, 4.69) is 5.32 Å². The van der Waals surface area contributed by atoms with Gasteiger partial charge in [0.15, 0.2) is 0 Å². The molecule has 1 heterocycles. The van der Waals surface area contributed by atoms with Crippen LogP contribution in [0.4, 0.5) is 5.69 Å². The van der Waals surface area contributed by atoms with Crippen molar-refractivity contribution in [3.05, 3.63) is 99.6 Å². The van der Waals surface area contributed by atoms with Gasteiger partial charge in [0.1, 0.15) is 16.3 Å². The average Bonchev–Trinajstić information content (AvgIpc) is 3.11. The van der Waals surface area contributed by atoms with Crippen LogP contribution in [0.25, 0.3) is 0 Å². The minimum Gasteiger partial charge on any atom is -0.324 e. The predicted octanol–water partition coefficient (Wildman–Crippen LogP) is 5.18. The first-order valence-corrected chi connectivity index (χ1v) is 12.3. The van der Waals surface area contributed by atoms with Crippen molar-refractivity contribution >= 4 is 58.2 Å². The first-order chi connectivity index (χ1) is 16.7. The molecule has 0 saturated carbocycles. The number of halogens is 3. The van der Waals surface area contributed by atoms with E-state index in [0.29, 0.717) is 16.3 Å². The van der Waals surface area contributed by atoms with E-state index in [4.69, 9.17) is 34.8 Å². The van der Waals surface area contributed by atoms with Crippen LogP contribution in [-0.2, 0) is 24.1 Å². The second kappa shape index (κ2) is 7.57. The summed E-state index contributed by atoms with van der Waals surface area (Å²) in [5.74, 6) is -3.37. The monoisotopic (exact) mass is 524 g/mol. The maximum Gasteiger partial charge on any atom is 0.244 e. The number of nitrogens with zero attached hydrogens (tertiary/aromatic N) is 1. The number of hydrogen-bond acceptors (Lipinski definition) is 3. The lowest BCUT2D eigenvalue weighted by atomic mass is 9.54. The van der Waals surface area contributed by atoms with Gasteiger partial charge in [-0.25, -0.2) is 0 Å². The number of rotatable bonds is 3. The Morgan fingerprint density at radius 2 is 1.29 bits per heavy atom. The first-order valence-electron chi connectivity index (χ1n) is 11.2. The second-order valence-electron chi connectivity index (χ2n) is 9.19. The number of benzene rings is 3. The number of imide groups is 1. The molecule has 5 nitrogen and oxygen atoms in total. The lowest BCUT2D eigenvalue weighted by Crippen LogP contribution is -2.57. The van der Waals surface area contributed by atoms with E-state index in [0.717, 1.165) is 27.2 Å². The van der Waals surface area contributed by atoms with Crippen molar-refractivity contribution in [2.75, 3.05) is 11.9 Å². The van der Waals surface area contributed by atoms with Gasteiger partial charge in [0.2, 0.25) is 17.7 Å². The van der Waals surface area contributed by atoms with Crippen molar-refractivity contribution in [3.8, 4) is 0 Å². The zero-order chi connectivity index (χ0) is 24.7. The summed E-state index contributed by atoms with van der Waals surface area (Å²) >= 11 is 20.9. The molecule has 176 valence electrons. The number of amides is 3. The highest BCUT2D eigenvalue weighted by Crippen LogP contribution is 2.69. The van der Waals surface area contributed by atoms with Crippen molar-refractivity contribution in [2.45, 2.75) is 16.7 Å². The highest BCUT2D eigenvalue weighted by molar-refractivity contribution is 6.36. The van der Waals surface area contributed by atoms with Crippen molar-refractivity contribution in [1.29, 1.82) is 0 Å². The third kappa shape index (κ3) is 2.80. The topological polar surface area (TPSA) is 66.5 Å². The largest absolute Gasteiger partial charge is 0.324 e. The fraction of sp³-hybridized carbons (Fsp3) is 0.222. The van der Waals surface area contributed by atoms with Gasteiger partial charge >= 0.3 is 0 Å². The molecule has 0 radical (unpaired) electrons. The summed E-state index contributed by atoms with van der Waals surface area (Å²) in [7, 11) is 0. The molecule has 35 heavy (non-hydrogen) atoms. The standard InChI is InChI=1S/C27H19Cl3N2O3/c1-14-19(28)11-6-12-20(14)31-21(33)13-32-24(34)22-23(25(32)35)27(30)16-8-3-2-7-15(16)26(22,29)17-9-4-5-10-18(17)27/h2-12,22-23H,13H2,1H3,(H,31,33)/t22-,23-,26?,27?/m1/s1. The molecule has 3 aliphatic carbocycles. The molecular weight excluding hydrogens is 507 g/mol. The Hall–Kier alpha value is -2.86. The minimum atomic E-state index is -1.27. The van der Waals surface area contributed by atoms with Crippen LogP contribution >= 0.6 is 34.8 Å². The number of carbonyl (C=O) groups excluding carboxylic acids is 3. The molecule has 3 amide bonds. The summed E-state index contributed by atoms with van der Waals surface area (Å²) < 4.78 is 0. The smallest absolute Gasteiger partial charge is 0.244 e. The third-order valence-electron chi connectivity index (χ3n) is 7.52. The van der Waals surface area contributed by atoms with E-state index in [1.165, 1.54) is 0 Å². The number of anilines is 1. The summed E-state index contributed by atoms with van der Waals surface area (Å²) in [6.07, 6.45) is 0. The number of likely N-dealkylation sites (tertiary alicyclic amines) is 1. The van der Waals surface area contributed by atoms with Crippen LogP contribution in [0.1, 0.15) is 27.8 Å². The molecule has 4 aliphatic rings. The van der Waals surface area contributed by atoms with Gasteiger partial charge in [-0.3, -0.25) is 19.3 Å². The van der Waals surface area contributed by atoms with Gasteiger partial charge in [-0.15, -0.1) is 23.2 Å². The number of hydrogen-bond donors (Lipinski definition) is 1. The van der Waals surface area contributed by atoms with Gasteiger partial charge < -0.3 is 5.32 Å². The van der Waals surface area contributed by atoms with Gasteiger partial charge in [0.05, 0.1) is 11.8 Å². The first kappa shape index (κ1) is 22.6. The molecule has 0 unspecified atom stereocenters. The van der Waals surface area contributed by atoms with E-state index < -0.39 is 45.9 Å². The summed E-state index contributed by atoms with van der Waals surface area (Å²) in [6.45, 7) is 1.34. The van der Waals surface area contributed by atoms with Gasteiger partial charge in [0.25, 0.3) is 0 Å². The molecule has 1 N–H and O–H groups in total. The Kier molecular flexibility index (Phi) is 4.89. The average molecular weight is 526 g/mol. The van der Waals surface area contributed by atoms with Crippen LogP contribution in [0, 0.1) is 18.8 Å². The second-order valence-corrected chi connectivity index (χ2v) is 10.8. The molecule has 1 fully saturated rings. The maximum atomic E-state index is 13.8. The molecule has 1 saturated heterocycles. The normalized spacial score (nSPS) is 27.9. The van der Waals surface area contributed by atoms with E-state index in [-0.39, 0.29) is 0 Å². The fourth-order valence-corrected chi connectivity index (χ4v) is 7.23. The van der Waals surface area contributed by atoms with Crippen LogP contribution < -0.4 is 5.32 Å². The van der Waals surface area contributed by atoms with E-state index in [1.807, 2.05) is 48.5 Å². The molecule has 8 heteroatoms. The zero-order valence-electron chi connectivity index (χ0n) is 18.5. The molecule has 3 aromatic carbocycles. The number of nitrogens with one attached hydrogen (secondary N) is 1. The molecule has 1 aliphatic heterocycles. The minimum absolute atomic E-state index is 0.441. The van der Waals surface area contributed by atoms with Gasteiger partial charge in [-0.2, -0.15) is 0 Å². The molecule has 0 spiro atoms. The summed E-state index contributed by atoms with van der Waals surface area (Å²) in [5.41, 5.74) is 4.09. The van der Waals surface area contributed by atoms with Gasteiger partial charge in [-0.1, -0.05) is 66.2 Å². The van der Waals surface area contributed by atoms with Crippen LogP contribution in [-0.4, -0.2) is 29.2 Å². The fourth-order valence-electron chi connectivity index (χ4n) is 5.96. The highest BCUT2D eigenvalue weighted by atomic mass is 35.5. The summed E-state index contributed by atoms with van der Waals surface area (Å²) in [4.78, 5) is 39.0. The van der Waals surface area contributed by atoms with Gasteiger partial charge in [-0.05, 0) is 46.9 Å². The summed E-state index contributed by atoms with van der Waals surface area (Å²) in [6, 6.07) is 20.0. The molecule has 3 aromatic rings. The van der Waals surface area contributed by atoms with Crippen molar-refractivity contribution in [1.82, 2.24) is 4.90 Å². The van der Waals surface area contributed by atoms with Crippen LogP contribution in [0.5, 0.6) is 0 Å². The third-order valence-corrected chi connectivity index (χ3v) is 9.21. The lowest BCUT2D eigenvalue weighted by molar-refractivity contribution is -0.142. The van der Waals surface area contributed by atoms with Crippen LogP contribution in [0.15, 0.2) is 66.7 Å². The van der Waals surface area contributed by atoms with Crippen LogP contribution in [0.3, 0.4) is 0 Å². The van der Waals surface area contributed by atoms with E-state index in [1.54, 1.807) is 25.1 Å². The Labute approximate surface area is 217 Å². The SMILES string of the molecule is Cc1c(Cl)cccc1NC(=O)CN1C(=O)[C@H]2[C@H](C1=O)C1(Cl)c3ccccc3C2(Cl)c2ccccc21. The maximum absolute atomic E-state index is 13.8. The molecular formula is C27H19Cl3N2O3. The van der Waals surface area contributed by atoms with E-state index in [9.17, 15) is 14.4 Å². The Morgan fingerprint density at radius 3 is 1.74 bits per heavy atom. The molecule has 2 atom stereocenters. The Morgan fingerprint density at radius 1 is 0.829 bits per heavy atom. The molecule has 2 bridgehead atoms. The summed E-state index contributed by atoms with van der Waals surface area (Å²) in [5, 5.41) is 3.26. The highest BCUT2D eigenvalue weighted by Gasteiger charge is 2.73. The molecule has 7 rings (SSSR count). The quantitative estimate of drug-likeness (QED) is 0.378. The number of alkyl halides is 2. The Bertz CT molecular complexity index is 1330. The van der Waals surface area contributed by atoms with Crippen molar-refractivity contribution in [2.24, 2.45) is 11.8 Å². The van der Waals surface area contributed by atoms with E-state index >= 15 is 0 Å². The van der Waals surface area contributed by atoms with Gasteiger partial charge in [0, 0.05) is 10.7 Å².